The summed E-state index contributed by atoms with van der Waals surface area (Å²) in [6, 6.07) is 6.85. The van der Waals surface area contributed by atoms with E-state index in [1.54, 1.807) is 12.1 Å². The van der Waals surface area contributed by atoms with Crippen molar-refractivity contribution in [1.82, 2.24) is 9.78 Å². The van der Waals surface area contributed by atoms with Gasteiger partial charge in [-0.1, -0.05) is 25.0 Å². The van der Waals surface area contributed by atoms with Crippen LogP contribution in [0.1, 0.15) is 47.8 Å². The Labute approximate surface area is 131 Å². The first-order valence-corrected chi connectivity index (χ1v) is 7.95. The molecule has 0 aliphatic heterocycles. The van der Waals surface area contributed by atoms with Gasteiger partial charge in [-0.25, -0.2) is 4.39 Å². The number of carbonyl (C=O) groups excluding carboxylic acids is 1. The van der Waals surface area contributed by atoms with Crippen LogP contribution in [-0.4, -0.2) is 15.6 Å². The van der Waals surface area contributed by atoms with Gasteiger partial charge in [0.15, 0.2) is 5.78 Å². The van der Waals surface area contributed by atoms with Crippen molar-refractivity contribution in [3.63, 3.8) is 0 Å². The number of nitrogens with zero attached hydrogens (tertiary/aromatic N) is 2. The van der Waals surface area contributed by atoms with Crippen LogP contribution in [0.2, 0.25) is 0 Å². The van der Waals surface area contributed by atoms with E-state index in [0.29, 0.717) is 11.6 Å². The second-order valence-corrected chi connectivity index (χ2v) is 6.22. The molecule has 0 unspecified atom stereocenters. The lowest BCUT2D eigenvalue weighted by Crippen LogP contribution is -2.09. The molecule has 21 heavy (non-hydrogen) atoms. The number of ketones is 1. The molecule has 0 atom stereocenters. The molecule has 1 heterocycles. The Kier molecular flexibility index (Phi) is 4.19. The van der Waals surface area contributed by atoms with Gasteiger partial charge in [-0.15, -0.1) is 0 Å². The zero-order valence-electron chi connectivity index (χ0n) is 11.6. The Bertz CT molecular complexity index is 662. The maximum atomic E-state index is 13.5. The predicted molar refractivity (Wildman–Crippen MR) is 81.9 cm³/mol. The number of aromatic nitrogens is 2. The second-order valence-electron chi connectivity index (χ2n) is 5.43. The van der Waals surface area contributed by atoms with E-state index in [4.69, 9.17) is 0 Å². The van der Waals surface area contributed by atoms with Crippen LogP contribution in [0.4, 0.5) is 4.39 Å². The molecule has 0 spiro atoms. The van der Waals surface area contributed by atoms with Crippen LogP contribution < -0.4 is 0 Å². The van der Waals surface area contributed by atoms with Gasteiger partial charge in [-0.2, -0.15) is 5.10 Å². The molecule has 1 saturated carbocycles. The summed E-state index contributed by atoms with van der Waals surface area (Å²) in [7, 11) is 0. The van der Waals surface area contributed by atoms with Crippen LogP contribution in [0, 0.1) is 5.82 Å². The maximum Gasteiger partial charge on any atom is 0.170 e. The Morgan fingerprint density at radius 3 is 2.86 bits per heavy atom. The molecule has 1 aromatic carbocycles. The van der Waals surface area contributed by atoms with Gasteiger partial charge in [-0.3, -0.25) is 9.48 Å². The average Bonchev–Trinajstić information content (AvgIpc) is 3.12. The summed E-state index contributed by atoms with van der Waals surface area (Å²) in [6.07, 6.45) is 6.94. The first-order valence-electron chi connectivity index (χ1n) is 7.16. The van der Waals surface area contributed by atoms with E-state index in [1.807, 2.05) is 16.9 Å². The molecular weight excluding hydrogens is 335 g/mol. The SMILES string of the molecule is O=C(Cc1ccn(C2CCCC2)n1)c1cccc(F)c1Br. The van der Waals surface area contributed by atoms with Gasteiger partial charge in [-0.05, 0) is 40.9 Å². The summed E-state index contributed by atoms with van der Waals surface area (Å²) < 4.78 is 15.7. The smallest absolute Gasteiger partial charge is 0.170 e. The second kappa shape index (κ2) is 6.10. The highest BCUT2D eigenvalue weighted by Gasteiger charge is 2.19. The molecule has 2 aromatic rings. The molecule has 5 heteroatoms. The topological polar surface area (TPSA) is 34.9 Å². The number of halogens is 2. The van der Waals surface area contributed by atoms with Crippen LogP contribution in [0.3, 0.4) is 0 Å². The lowest BCUT2D eigenvalue weighted by atomic mass is 10.1. The minimum Gasteiger partial charge on any atom is -0.294 e. The van der Waals surface area contributed by atoms with Crippen molar-refractivity contribution >= 4 is 21.7 Å². The first-order chi connectivity index (χ1) is 10.1. The number of benzene rings is 1. The van der Waals surface area contributed by atoms with Crippen LogP contribution in [0.25, 0.3) is 0 Å². The highest BCUT2D eigenvalue weighted by Crippen LogP contribution is 2.29. The average molecular weight is 351 g/mol. The van der Waals surface area contributed by atoms with E-state index in [-0.39, 0.29) is 16.7 Å². The van der Waals surface area contributed by atoms with Crippen LogP contribution >= 0.6 is 15.9 Å². The lowest BCUT2D eigenvalue weighted by Gasteiger charge is -2.08. The van der Waals surface area contributed by atoms with Crippen molar-refractivity contribution in [3.05, 3.63) is 52.0 Å². The van der Waals surface area contributed by atoms with Gasteiger partial charge in [0.25, 0.3) is 0 Å². The van der Waals surface area contributed by atoms with Crippen LogP contribution in [0.5, 0.6) is 0 Å². The highest BCUT2D eigenvalue weighted by molar-refractivity contribution is 9.10. The van der Waals surface area contributed by atoms with E-state index < -0.39 is 5.82 Å². The summed E-state index contributed by atoms with van der Waals surface area (Å²) in [5.41, 5.74) is 1.11. The quantitative estimate of drug-likeness (QED) is 0.769. The number of hydrogen-bond acceptors (Lipinski definition) is 2. The van der Waals surface area contributed by atoms with Gasteiger partial charge in [0, 0.05) is 11.8 Å². The van der Waals surface area contributed by atoms with E-state index >= 15 is 0 Å². The highest BCUT2D eigenvalue weighted by atomic mass is 79.9. The standard InChI is InChI=1S/C16H16BrFN2O/c17-16-13(6-3-7-14(16)18)15(21)10-11-8-9-20(19-11)12-4-1-2-5-12/h3,6-9,12H,1-2,4-5,10H2. The van der Waals surface area contributed by atoms with Gasteiger partial charge >= 0.3 is 0 Å². The summed E-state index contributed by atoms with van der Waals surface area (Å²) in [4.78, 5) is 12.3. The third-order valence-electron chi connectivity index (χ3n) is 3.96. The number of hydrogen-bond donors (Lipinski definition) is 0. The molecule has 1 aromatic heterocycles. The molecule has 1 fully saturated rings. The Hall–Kier alpha value is -1.49. The summed E-state index contributed by atoms with van der Waals surface area (Å²) in [5.74, 6) is -0.546. The van der Waals surface area contributed by atoms with E-state index in [2.05, 4.69) is 21.0 Å². The normalized spacial score (nSPS) is 15.5. The van der Waals surface area contributed by atoms with Gasteiger partial charge in [0.2, 0.25) is 0 Å². The van der Waals surface area contributed by atoms with Gasteiger partial charge in [0.1, 0.15) is 5.82 Å². The number of Topliss-reactive ketones (excluding diaryl/α,β-unsaturated/α-hetero) is 1. The van der Waals surface area contributed by atoms with Crippen molar-refractivity contribution in [2.24, 2.45) is 0 Å². The fourth-order valence-corrected chi connectivity index (χ4v) is 3.31. The largest absolute Gasteiger partial charge is 0.294 e. The fraction of sp³-hybridized carbons (Fsp3) is 0.375. The van der Waals surface area contributed by atoms with Crippen molar-refractivity contribution in [2.75, 3.05) is 0 Å². The Morgan fingerprint density at radius 2 is 2.10 bits per heavy atom. The molecule has 1 aliphatic carbocycles. The monoisotopic (exact) mass is 350 g/mol. The first kappa shape index (κ1) is 14.4. The Balaban J connectivity index is 1.74. The molecular formula is C16H16BrFN2O. The molecule has 0 amide bonds. The predicted octanol–water partition coefficient (Wildman–Crippen LogP) is 4.33. The van der Waals surface area contributed by atoms with Gasteiger partial charge in [0.05, 0.1) is 22.6 Å². The molecule has 3 nitrogen and oxygen atoms in total. The number of carbonyl (C=O) groups is 1. The van der Waals surface area contributed by atoms with Crippen LogP contribution in [0.15, 0.2) is 34.9 Å². The third-order valence-corrected chi connectivity index (χ3v) is 4.76. The molecule has 0 N–H and O–H groups in total. The minimum atomic E-state index is -0.419. The van der Waals surface area contributed by atoms with Crippen molar-refractivity contribution < 1.29 is 9.18 Å². The van der Waals surface area contributed by atoms with E-state index in [0.717, 1.165) is 18.5 Å². The van der Waals surface area contributed by atoms with E-state index in [9.17, 15) is 9.18 Å². The van der Waals surface area contributed by atoms with Crippen LogP contribution in [-0.2, 0) is 6.42 Å². The molecule has 110 valence electrons. The number of rotatable bonds is 4. The van der Waals surface area contributed by atoms with E-state index in [1.165, 1.54) is 18.9 Å². The zero-order valence-corrected chi connectivity index (χ0v) is 13.1. The molecule has 0 radical (unpaired) electrons. The minimum absolute atomic E-state index is 0.127. The van der Waals surface area contributed by atoms with Crippen molar-refractivity contribution in [1.29, 1.82) is 0 Å². The fourth-order valence-electron chi connectivity index (χ4n) is 2.82. The zero-order chi connectivity index (χ0) is 14.8. The molecule has 0 saturated heterocycles. The Morgan fingerprint density at radius 1 is 1.33 bits per heavy atom. The van der Waals surface area contributed by atoms with Crippen molar-refractivity contribution in [2.45, 2.75) is 38.1 Å². The molecule has 1 aliphatic rings. The summed E-state index contributed by atoms with van der Waals surface area (Å²) >= 11 is 3.13. The van der Waals surface area contributed by atoms with Gasteiger partial charge < -0.3 is 0 Å². The summed E-state index contributed by atoms with van der Waals surface area (Å²) in [5, 5.41) is 4.50. The third kappa shape index (κ3) is 3.07. The molecule has 0 bridgehead atoms. The molecule has 3 rings (SSSR count). The summed E-state index contributed by atoms with van der Waals surface area (Å²) in [6.45, 7) is 0. The van der Waals surface area contributed by atoms with Crippen molar-refractivity contribution in [3.8, 4) is 0 Å². The lowest BCUT2D eigenvalue weighted by molar-refractivity contribution is 0.0990. The maximum absolute atomic E-state index is 13.5.